The van der Waals surface area contributed by atoms with E-state index in [-0.39, 0.29) is 17.3 Å². The molecule has 3 rings (SSSR count). The maximum Gasteiger partial charge on any atom is 0.243 e. The maximum atomic E-state index is 13.5. The fraction of sp³-hybridized carbons (Fsp3) is 0.357. The predicted molar refractivity (Wildman–Crippen MR) is 145 cm³/mol. The third-order valence-electron chi connectivity index (χ3n) is 6.27. The lowest BCUT2D eigenvalue weighted by Gasteiger charge is -2.30. The molecule has 0 heterocycles. The minimum atomic E-state index is -3.94. The summed E-state index contributed by atoms with van der Waals surface area (Å²) < 4.78 is 32.9. The van der Waals surface area contributed by atoms with Crippen molar-refractivity contribution in [1.82, 2.24) is 14.5 Å². The molecule has 0 bridgehead atoms. The van der Waals surface area contributed by atoms with Crippen molar-refractivity contribution in [3.63, 3.8) is 0 Å². The Morgan fingerprint density at radius 1 is 1.00 bits per heavy atom. The Kier molecular flexibility index (Phi) is 9.66. The van der Waals surface area contributed by atoms with Crippen molar-refractivity contribution < 1.29 is 22.7 Å². The third-order valence-corrected chi connectivity index (χ3v) is 8.07. The number of carbonyl (C=O) groups is 2. The van der Waals surface area contributed by atoms with Gasteiger partial charge in [0.2, 0.25) is 21.8 Å². The highest BCUT2D eigenvalue weighted by atomic mass is 32.2. The van der Waals surface area contributed by atoms with E-state index in [0.29, 0.717) is 12.3 Å². The van der Waals surface area contributed by atoms with Gasteiger partial charge in [0, 0.05) is 20.1 Å². The van der Waals surface area contributed by atoms with Crippen molar-refractivity contribution in [2.24, 2.45) is 0 Å². The van der Waals surface area contributed by atoms with Gasteiger partial charge in [-0.25, -0.2) is 8.42 Å². The van der Waals surface area contributed by atoms with Crippen LogP contribution >= 0.6 is 0 Å². The largest absolute Gasteiger partial charge is 0.497 e. The topological polar surface area (TPSA) is 96.0 Å². The predicted octanol–water partition coefficient (Wildman–Crippen LogP) is 3.80. The maximum absolute atomic E-state index is 13.5. The van der Waals surface area contributed by atoms with Crippen LogP contribution in [-0.2, 0) is 26.2 Å². The molecule has 0 saturated heterocycles. The van der Waals surface area contributed by atoms with Crippen molar-refractivity contribution in [2.45, 2.75) is 44.2 Å². The van der Waals surface area contributed by atoms with Crippen molar-refractivity contribution in [3.05, 3.63) is 72.3 Å². The second kappa shape index (κ2) is 12.7. The van der Waals surface area contributed by atoms with E-state index in [2.05, 4.69) is 5.32 Å². The Labute approximate surface area is 219 Å². The summed E-state index contributed by atoms with van der Waals surface area (Å²) in [5.74, 6) is -0.140. The van der Waals surface area contributed by atoms with Crippen LogP contribution in [0.4, 0.5) is 0 Å². The highest BCUT2D eigenvalue weighted by Crippen LogP contribution is 2.22. The Hall–Kier alpha value is -3.43. The molecule has 0 aliphatic carbocycles. The molecule has 0 aromatic heterocycles. The first-order valence-corrected chi connectivity index (χ1v) is 13.8. The number of likely N-dealkylation sites (N-methyl/N-ethyl adjacent to an activating group) is 1. The van der Waals surface area contributed by atoms with Crippen molar-refractivity contribution >= 4 is 32.6 Å². The van der Waals surface area contributed by atoms with E-state index in [9.17, 15) is 18.0 Å². The molecule has 0 aliphatic rings. The number of methoxy groups -OCH3 is 1. The van der Waals surface area contributed by atoms with Crippen LogP contribution in [0.2, 0.25) is 0 Å². The summed E-state index contributed by atoms with van der Waals surface area (Å²) in [5, 5.41) is 4.58. The summed E-state index contributed by atoms with van der Waals surface area (Å²) in [6.07, 6.45) is 1.76. The van der Waals surface area contributed by atoms with Crippen LogP contribution in [0, 0.1) is 0 Å². The zero-order chi connectivity index (χ0) is 27.0. The molecule has 0 fully saturated rings. The number of benzene rings is 3. The highest BCUT2D eigenvalue weighted by Gasteiger charge is 2.30. The molecule has 9 heteroatoms. The van der Waals surface area contributed by atoms with Crippen LogP contribution in [0.1, 0.15) is 32.3 Å². The Bertz CT molecular complexity index is 1340. The fourth-order valence-electron chi connectivity index (χ4n) is 3.96. The van der Waals surface area contributed by atoms with Gasteiger partial charge in [-0.1, -0.05) is 55.8 Å². The number of hydrogen-bond donors (Lipinski definition) is 1. The minimum Gasteiger partial charge on any atom is -0.497 e. The van der Waals surface area contributed by atoms with Crippen molar-refractivity contribution in [3.8, 4) is 5.75 Å². The van der Waals surface area contributed by atoms with E-state index in [1.54, 1.807) is 44.4 Å². The molecule has 0 radical (unpaired) electrons. The number of hydrogen-bond acceptors (Lipinski definition) is 5. The second-order valence-corrected chi connectivity index (χ2v) is 11.0. The van der Waals surface area contributed by atoms with Crippen molar-refractivity contribution in [2.75, 3.05) is 27.2 Å². The number of fused-ring (bicyclic) bond motifs is 1. The van der Waals surface area contributed by atoms with E-state index >= 15 is 0 Å². The van der Waals surface area contributed by atoms with Gasteiger partial charge in [0.05, 0.1) is 18.6 Å². The van der Waals surface area contributed by atoms with Gasteiger partial charge in [-0.3, -0.25) is 9.59 Å². The molecule has 0 unspecified atom stereocenters. The van der Waals surface area contributed by atoms with E-state index in [0.717, 1.165) is 33.5 Å². The zero-order valence-corrected chi connectivity index (χ0v) is 22.6. The van der Waals surface area contributed by atoms with Crippen LogP contribution in [0.5, 0.6) is 5.75 Å². The van der Waals surface area contributed by atoms with Crippen LogP contribution in [0.3, 0.4) is 0 Å². The van der Waals surface area contributed by atoms with E-state index < -0.39 is 28.5 Å². The molecule has 37 heavy (non-hydrogen) atoms. The van der Waals surface area contributed by atoms with Gasteiger partial charge in [-0.15, -0.1) is 0 Å². The summed E-state index contributed by atoms with van der Waals surface area (Å²) in [6, 6.07) is 18.8. The minimum absolute atomic E-state index is 0.103. The van der Waals surface area contributed by atoms with Crippen LogP contribution < -0.4 is 10.1 Å². The molecular formula is C28H35N3O5S. The number of nitrogens with one attached hydrogen (secondary N) is 1. The van der Waals surface area contributed by atoms with Gasteiger partial charge < -0.3 is 15.0 Å². The number of carbonyl (C=O) groups excluding carboxylic acids is 2. The number of ether oxygens (including phenoxy) is 1. The van der Waals surface area contributed by atoms with Gasteiger partial charge in [0.25, 0.3) is 0 Å². The zero-order valence-electron chi connectivity index (χ0n) is 21.8. The number of sulfonamides is 1. The first-order chi connectivity index (χ1) is 17.7. The van der Waals surface area contributed by atoms with Crippen LogP contribution in [-0.4, -0.2) is 62.7 Å². The average Bonchev–Trinajstić information content (AvgIpc) is 2.91. The SMILES string of the molecule is CCCCNC(=O)[C@H](C)N(Cc1cccc(OC)c1)C(=O)CN(C)S(=O)(=O)c1ccc2ccccc2c1. The molecule has 0 spiro atoms. The van der Waals surface area contributed by atoms with Gasteiger partial charge in [-0.05, 0) is 53.9 Å². The molecule has 0 aliphatic heterocycles. The Morgan fingerprint density at radius 2 is 1.73 bits per heavy atom. The van der Waals surface area contributed by atoms with Gasteiger partial charge in [0.15, 0.2) is 0 Å². The molecule has 1 atom stereocenters. The standard InChI is InChI=1S/C28H35N3O5S/c1-5-6-16-29-28(33)21(2)31(19-22-10-9-13-25(17-22)36-4)27(32)20-30(3)37(34,35)26-15-14-23-11-7-8-12-24(23)18-26/h7-15,17-18,21H,5-6,16,19-20H2,1-4H3,(H,29,33)/t21-/m0/s1. The molecule has 8 nitrogen and oxygen atoms in total. The number of amides is 2. The number of unbranched alkanes of at least 4 members (excludes halogenated alkanes) is 1. The van der Waals surface area contributed by atoms with Crippen LogP contribution in [0.15, 0.2) is 71.6 Å². The summed E-state index contributed by atoms with van der Waals surface area (Å²) in [6.45, 7) is 3.91. The lowest BCUT2D eigenvalue weighted by molar-refractivity contribution is -0.140. The first kappa shape index (κ1) is 28.1. The average molecular weight is 526 g/mol. The third kappa shape index (κ3) is 7.08. The molecular weight excluding hydrogens is 490 g/mol. The van der Waals surface area contributed by atoms with Gasteiger partial charge in [0.1, 0.15) is 11.8 Å². The van der Waals surface area contributed by atoms with Crippen molar-refractivity contribution in [1.29, 1.82) is 0 Å². The van der Waals surface area contributed by atoms with E-state index in [1.165, 1.54) is 18.0 Å². The molecule has 2 amide bonds. The molecule has 3 aromatic rings. The molecule has 198 valence electrons. The smallest absolute Gasteiger partial charge is 0.243 e. The normalized spacial score (nSPS) is 12.4. The van der Waals surface area contributed by atoms with E-state index in [1.807, 2.05) is 37.3 Å². The number of nitrogens with zero attached hydrogens (tertiary/aromatic N) is 2. The summed E-state index contributed by atoms with van der Waals surface area (Å²) in [5.41, 5.74) is 0.765. The number of rotatable bonds is 12. The fourth-order valence-corrected chi connectivity index (χ4v) is 5.12. The van der Waals surface area contributed by atoms with E-state index in [4.69, 9.17) is 4.74 Å². The summed E-state index contributed by atoms with van der Waals surface area (Å²) >= 11 is 0. The highest BCUT2D eigenvalue weighted by molar-refractivity contribution is 7.89. The quantitative estimate of drug-likeness (QED) is 0.363. The first-order valence-electron chi connectivity index (χ1n) is 12.3. The molecule has 3 aromatic carbocycles. The van der Waals surface area contributed by atoms with Gasteiger partial charge in [-0.2, -0.15) is 4.31 Å². The Balaban J connectivity index is 1.83. The lowest BCUT2D eigenvalue weighted by Crippen LogP contribution is -2.50. The van der Waals surface area contributed by atoms with Crippen LogP contribution in [0.25, 0.3) is 10.8 Å². The summed E-state index contributed by atoms with van der Waals surface area (Å²) in [4.78, 5) is 27.8. The lowest BCUT2D eigenvalue weighted by atomic mass is 10.1. The molecule has 0 saturated carbocycles. The summed E-state index contributed by atoms with van der Waals surface area (Å²) in [7, 11) is -1.01. The second-order valence-electron chi connectivity index (χ2n) is 8.96. The monoisotopic (exact) mass is 525 g/mol. The van der Waals surface area contributed by atoms with Gasteiger partial charge >= 0.3 is 0 Å². The molecule has 1 N–H and O–H groups in total. The Morgan fingerprint density at radius 3 is 2.43 bits per heavy atom.